The quantitative estimate of drug-likeness (QED) is 0.343. The highest BCUT2D eigenvalue weighted by molar-refractivity contribution is 5.95. The summed E-state index contributed by atoms with van der Waals surface area (Å²) in [6, 6.07) is 22.7. The first-order valence-electron chi connectivity index (χ1n) is 11.8. The predicted molar refractivity (Wildman–Crippen MR) is 140 cm³/mol. The Kier molecular flexibility index (Phi) is 6.84. The number of nitrogens with one attached hydrogen (secondary N) is 2. The molecule has 0 aliphatic carbocycles. The third-order valence-electron chi connectivity index (χ3n) is 5.78. The maximum absolute atomic E-state index is 12.9. The molecule has 0 saturated heterocycles. The van der Waals surface area contributed by atoms with Gasteiger partial charge in [-0.2, -0.15) is 10.2 Å². The van der Waals surface area contributed by atoms with Crippen LogP contribution in [0.5, 0.6) is 0 Å². The number of aryl methyl sites for hydroxylation is 1. The molecule has 5 rings (SSSR count). The number of hydrogen-bond donors (Lipinski definition) is 2. The number of benzene rings is 3. The third-order valence-corrected chi connectivity index (χ3v) is 5.78. The molecule has 0 radical (unpaired) electrons. The average Bonchev–Trinajstić information content (AvgIpc) is 3.60. The molecule has 2 heterocycles. The second-order valence-electron chi connectivity index (χ2n) is 8.59. The molecule has 5 aromatic rings. The Bertz CT molecular complexity index is 1540. The number of anilines is 1. The number of carbonyl (C=O) groups excluding carboxylic acids is 2. The SMILES string of the molecule is Cc1cccc(CC(=O)Nc2cnn(-c3cccc(C(=O)NCc4ccccc4-n4cncn4)c3)c2)c1. The first kappa shape index (κ1) is 23.7. The van der Waals surface area contributed by atoms with E-state index in [2.05, 4.69) is 25.8 Å². The highest BCUT2D eigenvalue weighted by Crippen LogP contribution is 2.16. The molecular formula is C28H25N7O2. The third kappa shape index (κ3) is 5.79. The Labute approximate surface area is 213 Å². The van der Waals surface area contributed by atoms with E-state index in [1.165, 1.54) is 6.33 Å². The molecule has 0 aliphatic rings. The van der Waals surface area contributed by atoms with Crippen molar-refractivity contribution in [2.24, 2.45) is 0 Å². The maximum atomic E-state index is 12.9. The van der Waals surface area contributed by atoms with Crippen molar-refractivity contribution < 1.29 is 9.59 Å². The van der Waals surface area contributed by atoms with Crippen LogP contribution in [-0.4, -0.2) is 36.4 Å². The molecule has 9 nitrogen and oxygen atoms in total. The van der Waals surface area contributed by atoms with Gasteiger partial charge < -0.3 is 10.6 Å². The molecule has 0 bridgehead atoms. The van der Waals surface area contributed by atoms with Gasteiger partial charge in [0.25, 0.3) is 5.91 Å². The number of hydrogen-bond acceptors (Lipinski definition) is 5. The van der Waals surface area contributed by atoms with E-state index < -0.39 is 0 Å². The number of amides is 2. The van der Waals surface area contributed by atoms with Gasteiger partial charge in [-0.3, -0.25) is 9.59 Å². The minimum absolute atomic E-state index is 0.121. The predicted octanol–water partition coefficient (Wildman–Crippen LogP) is 3.87. The molecule has 2 N–H and O–H groups in total. The van der Waals surface area contributed by atoms with Crippen LogP contribution in [0.25, 0.3) is 11.4 Å². The van der Waals surface area contributed by atoms with Gasteiger partial charge >= 0.3 is 0 Å². The maximum Gasteiger partial charge on any atom is 0.251 e. The summed E-state index contributed by atoms with van der Waals surface area (Å²) in [7, 11) is 0. The molecule has 2 amide bonds. The Morgan fingerprint density at radius 1 is 0.919 bits per heavy atom. The summed E-state index contributed by atoms with van der Waals surface area (Å²) < 4.78 is 3.29. The van der Waals surface area contributed by atoms with Gasteiger partial charge in [0.2, 0.25) is 5.91 Å². The summed E-state index contributed by atoms with van der Waals surface area (Å²) in [4.78, 5) is 29.4. The number of aromatic nitrogens is 5. The zero-order valence-corrected chi connectivity index (χ0v) is 20.2. The highest BCUT2D eigenvalue weighted by atomic mass is 16.2. The molecule has 9 heteroatoms. The zero-order chi connectivity index (χ0) is 25.6. The van der Waals surface area contributed by atoms with Gasteiger partial charge in [0.05, 0.1) is 35.9 Å². The van der Waals surface area contributed by atoms with Crippen LogP contribution in [0.15, 0.2) is 97.8 Å². The first-order valence-corrected chi connectivity index (χ1v) is 11.8. The van der Waals surface area contributed by atoms with Gasteiger partial charge in [0.15, 0.2) is 0 Å². The van der Waals surface area contributed by atoms with Crippen molar-refractivity contribution in [3.8, 4) is 11.4 Å². The number of carbonyl (C=O) groups is 2. The lowest BCUT2D eigenvalue weighted by Gasteiger charge is -2.11. The highest BCUT2D eigenvalue weighted by Gasteiger charge is 2.11. The van der Waals surface area contributed by atoms with Crippen molar-refractivity contribution in [1.82, 2.24) is 29.9 Å². The van der Waals surface area contributed by atoms with Crippen LogP contribution in [0.1, 0.15) is 27.0 Å². The molecule has 0 spiro atoms. The lowest BCUT2D eigenvalue weighted by molar-refractivity contribution is -0.115. The molecule has 0 saturated carbocycles. The van der Waals surface area contributed by atoms with Gasteiger partial charge in [0.1, 0.15) is 12.7 Å². The summed E-state index contributed by atoms with van der Waals surface area (Å²) in [5, 5.41) is 14.4. The van der Waals surface area contributed by atoms with Crippen LogP contribution in [0, 0.1) is 6.92 Å². The van der Waals surface area contributed by atoms with Crippen molar-refractivity contribution in [1.29, 1.82) is 0 Å². The first-order chi connectivity index (χ1) is 18.0. The molecule has 2 aromatic heterocycles. The van der Waals surface area contributed by atoms with E-state index in [9.17, 15) is 9.59 Å². The Balaban J connectivity index is 1.23. The number of nitrogens with zero attached hydrogens (tertiary/aromatic N) is 5. The van der Waals surface area contributed by atoms with Crippen molar-refractivity contribution in [2.75, 3.05) is 5.32 Å². The fraction of sp³-hybridized carbons (Fsp3) is 0.107. The van der Waals surface area contributed by atoms with E-state index in [0.29, 0.717) is 23.5 Å². The van der Waals surface area contributed by atoms with E-state index in [-0.39, 0.29) is 18.2 Å². The van der Waals surface area contributed by atoms with Gasteiger partial charge in [-0.25, -0.2) is 14.3 Å². The Hall–Kier alpha value is -5.05. The van der Waals surface area contributed by atoms with E-state index >= 15 is 0 Å². The fourth-order valence-corrected chi connectivity index (χ4v) is 4.02. The average molecular weight is 492 g/mol. The largest absolute Gasteiger partial charge is 0.348 e. The lowest BCUT2D eigenvalue weighted by atomic mass is 10.1. The van der Waals surface area contributed by atoms with Crippen molar-refractivity contribution in [3.05, 3.63) is 120 Å². The van der Waals surface area contributed by atoms with Crippen LogP contribution < -0.4 is 10.6 Å². The summed E-state index contributed by atoms with van der Waals surface area (Å²) in [6.45, 7) is 2.33. The van der Waals surface area contributed by atoms with E-state index in [4.69, 9.17) is 0 Å². The number of para-hydroxylation sites is 1. The molecule has 3 aromatic carbocycles. The smallest absolute Gasteiger partial charge is 0.251 e. The summed E-state index contributed by atoms with van der Waals surface area (Å²) in [6.07, 6.45) is 6.68. The van der Waals surface area contributed by atoms with Crippen LogP contribution in [-0.2, 0) is 17.8 Å². The monoisotopic (exact) mass is 491 g/mol. The molecule has 37 heavy (non-hydrogen) atoms. The second-order valence-corrected chi connectivity index (χ2v) is 8.59. The van der Waals surface area contributed by atoms with E-state index in [1.807, 2.05) is 61.5 Å². The fourth-order valence-electron chi connectivity index (χ4n) is 4.02. The molecule has 0 aliphatic heterocycles. The topological polar surface area (TPSA) is 107 Å². The summed E-state index contributed by atoms with van der Waals surface area (Å²) >= 11 is 0. The molecule has 184 valence electrons. The summed E-state index contributed by atoms with van der Waals surface area (Å²) in [5.41, 5.74) is 5.61. The molecule has 0 atom stereocenters. The van der Waals surface area contributed by atoms with Crippen LogP contribution >= 0.6 is 0 Å². The lowest BCUT2D eigenvalue weighted by Crippen LogP contribution is -2.23. The number of rotatable bonds is 8. The normalized spacial score (nSPS) is 10.7. The Morgan fingerprint density at radius 3 is 2.62 bits per heavy atom. The van der Waals surface area contributed by atoms with Gasteiger partial charge in [-0.15, -0.1) is 0 Å². The standard InChI is InChI=1S/C28H25N7O2/c1-20-6-4-7-21(12-20)13-27(36)33-24-16-31-34(17-24)25-10-5-9-22(14-25)28(37)30-15-23-8-2-3-11-26(23)35-19-29-18-32-35/h2-12,14,16-19H,13,15H2,1H3,(H,30,37)(H,33,36). The molecular weight excluding hydrogens is 466 g/mol. The van der Waals surface area contributed by atoms with Crippen molar-refractivity contribution in [2.45, 2.75) is 19.9 Å². The van der Waals surface area contributed by atoms with Crippen molar-refractivity contribution >= 4 is 17.5 Å². The minimum Gasteiger partial charge on any atom is -0.348 e. The minimum atomic E-state index is -0.214. The van der Waals surface area contributed by atoms with E-state index in [1.54, 1.807) is 46.3 Å². The van der Waals surface area contributed by atoms with Crippen molar-refractivity contribution in [3.63, 3.8) is 0 Å². The molecule has 0 fully saturated rings. The van der Waals surface area contributed by atoms with Gasteiger partial charge in [-0.05, 0) is 42.3 Å². The van der Waals surface area contributed by atoms with Crippen LogP contribution in [0.4, 0.5) is 5.69 Å². The second kappa shape index (κ2) is 10.7. The Morgan fingerprint density at radius 2 is 1.78 bits per heavy atom. The van der Waals surface area contributed by atoms with Gasteiger partial charge in [-0.1, -0.05) is 54.1 Å². The van der Waals surface area contributed by atoms with Crippen LogP contribution in [0.3, 0.4) is 0 Å². The van der Waals surface area contributed by atoms with Crippen LogP contribution in [0.2, 0.25) is 0 Å². The zero-order valence-electron chi connectivity index (χ0n) is 20.2. The van der Waals surface area contributed by atoms with Gasteiger partial charge in [0, 0.05) is 12.1 Å². The summed E-state index contributed by atoms with van der Waals surface area (Å²) in [5.74, 6) is -0.335. The van der Waals surface area contributed by atoms with E-state index in [0.717, 1.165) is 22.4 Å². The molecule has 0 unspecified atom stereocenters.